The lowest BCUT2D eigenvalue weighted by atomic mass is 9.61. The smallest absolute Gasteiger partial charge is 0.255 e. The number of ketones is 2. The maximum atomic E-state index is 13.3. The normalized spacial score (nSPS) is 26.2. The summed E-state index contributed by atoms with van der Waals surface area (Å²) in [5.41, 5.74) is 12.8. The number of aliphatic hydroxyl groups is 2. The molecule has 1 saturated carbocycles. The van der Waals surface area contributed by atoms with Gasteiger partial charge in [0, 0.05) is 18.5 Å². The summed E-state index contributed by atoms with van der Waals surface area (Å²) in [5.74, 6) is -5.24. The lowest BCUT2D eigenvalue weighted by Crippen LogP contribution is -2.44. The Morgan fingerprint density at radius 3 is 2.52 bits per heavy atom. The first kappa shape index (κ1) is 19.2. The van der Waals surface area contributed by atoms with Crippen molar-refractivity contribution >= 4 is 23.2 Å². The number of carbonyl (C=O) groups is 3. The fraction of sp³-hybridized carbons (Fsp3) is 0.381. The van der Waals surface area contributed by atoms with E-state index in [4.69, 9.17) is 11.5 Å². The number of nitrogens with two attached hydrogens (primary N) is 2. The molecule has 0 bridgehead atoms. The summed E-state index contributed by atoms with van der Waals surface area (Å²) >= 11 is 0. The number of aliphatic hydroxyl groups excluding tert-OH is 2. The summed E-state index contributed by atoms with van der Waals surface area (Å²) in [6, 6.07) is 1.76. The highest BCUT2D eigenvalue weighted by molar-refractivity contribution is 6.21. The lowest BCUT2D eigenvalue weighted by Gasteiger charge is -2.41. The van der Waals surface area contributed by atoms with Gasteiger partial charge in [0.25, 0.3) is 5.91 Å². The summed E-state index contributed by atoms with van der Waals surface area (Å²) in [5, 5.41) is 32.0. The zero-order chi connectivity index (χ0) is 21.2. The summed E-state index contributed by atoms with van der Waals surface area (Å²) in [6.07, 6.45) is 0.681. The van der Waals surface area contributed by atoms with Crippen molar-refractivity contribution in [2.45, 2.75) is 32.7 Å². The van der Waals surface area contributed by atoms with E-state index in [-0.39, 0.29) is 41.5 Å². The summed E-state index contributed by atoms with van der Waals surface area (Å²) in [4.78, 5) is 37.1. The van der Waals surface area contributed by atoms with Crippen LogP contribution in [0.4, 0.5) is 0 Å². The van der Waals surface area contributed by atoms with Crippen LogP contribution >= 0.6 is 0 Å². The van der Waals surface area contributed by atoms with E-state index in [2.05, 4.69) is 0 Å². The molecule has 0 radical (unpaired) electrons. The zero-order valence-electron chi connectivity index (χ0n) is 15.9. The third-order valence-electron chi connectivity index (χ3n) is 6.39. The largest absolute Gasteiger partial charge is 0.511 e. The molecule has 3 aliphatic rings. The fourth-order valence-corrected chi connectivity index (χ4v) is 5.12. The van der Waals surface area contributed by atoms with Gasteiger partial charge >= 0.3 is 0 Å². The molecule has 1 aromatic carbocycles. The molecular formula is C21H22N2O6. The summed E-state index contributed by atoms with van der Waals surface area (Å²) < 4.78 is 0. The molecule has 7 N–H and O–H groups in total. The maximum Gasteiger partial charge on any atom is 0.255 e. The molecule has 3 aliphatic carbocycles. The van der Waals surface area contributed by atoms with Gasteiger partial charge in [-0.25, -0.2) is 0 Å². The molecule has 0 saturated heterocycles. The quantitative estimate of drug-likeness (QED) is 0.465. The number of allylic oxidation sites excluding steroid dienone is 2. The topological polar surface area (TPSA) is 164 Å². The van der Waals surface area contributed by atoms with E-state index in [1.807, 2.05) is 0 Å². The molecule has 0 heterocycles. The molecule has 1 aromatic rings. The Hall–Kier alpha value is -3.13. The maximum absolute atomic E-state index is 13.3. The minimum Gasteiger partial charge on any atom is -0.511 e. The van der Waals surface area contributed by atoms with Gasteiger partial charge in [-0.15, -0.1) is 0 Å². The zero-order valence-corrected chi connectivity index (χ0v) is 15.9. The van der Waals surface area contributed by atoms with Gasteiger partial charge in [0.15, 0.2) is 11.6 Å². The molecule has 152 valence electrons. The second-order valence-corrected chi connectivity index (χ2v) is 8.01. The number of primary amides is 1. The van der Waals surface area contributed by atoms with Crippen molar-refractivity contribution in [2.75, 3.05) is 0 Å². The van der Waals surface area contributed by atoms with Gasteiger partial charge in [0.2, 0.25) is 0 Å². The molecule has 8 heteroatoms. The Labute approximate surface area is 166 Å². The van der Waals surface area contributed by atoms with Gasteiger partial charge < -0.3 is 26.8 Å². The van der Waals surface area contributed by atoms with Gasteiger partial charge in [-0.1, -0.05) is 6.07 Å². The predicted octanol–water partition coefficient (Wildman–Crippen LogP) is 1.08. The number of Topliss-reactive ketones (excluding diaryl/α,β-unsaturated/α-hetero) is 2. The van der Waals surface area contributed by atoms with Crippen LogP contribution in [0.25, 0.3) is 5.76 Å². The van der Waals surface area contributed by atoms with Gasteiger partial charge in [0.1, 0.15) is 22.8 Å². The number of carbonyl (C=O) groups excluding carboxylic acids is 3. The van der Waals surface area contributed by atoms with Crippen LogP contribution in [0.2, 0.25) is 0 Å². The van der Waals surface area contributed by atoms with E-state index in [9.17, 15) is 29.7 Å². The highest BCUT2D eigenvalue weighted by Gasteiger charge is 2.50. The van der Waals surface area contributed by atoms with Gasteiger partial charge in [0.05, 0.1) is 11.5 Å². The SMILES string of the molecule is Cc1cc(CN)c2c(c1O)C(O)=C1C(=O)C3C(O)=C(C(N)=O)C(=O)CC3CC1C2. The van der Waals surface area contributed by atoms with Crippen LogP contribution < -0.4 is 11.5 Å². The molecule has 4 rings (SSSR count). The van der Waals surface area contributed by atoms with Crippen LogP contribution in [0.1, 0.15) is 35.1 Å². The van der Waals surface area contributed by atoms with Crippen LogP contribution in [0.15, 0.2) is 23.0 Å². The van der Waals surface area contributed by atoms with Crippen LogP contribution in [-0.4, -0.2) is 32.8 Å². The number of phenolic OH excluding ortho intramolecular Hbond substituents is 1. The molecule has 3 atom stereocenters. The third kappa shape index (κ3) is 2.59. The fourth-order valence-electron chi connectivity index (χ4n) is 5.12. The summed E-state index contributed by atoms with van der Waals surface area (Å²) in [6.45, 7) is 1.89. The standard InChI is InChI=1S/C21H22N2O6/c1-7-2-10(6-22)11-4-8-3-9-5-12(24)16(21(23)29)20(28)14(9)18(26)13(8)19(27)15(11)17(7)25/h2,8-9,14,25,27-28H,3-6,22H2,1H3,(H2,23,29). The van der Waals surface area contributed by atoms with Gasteiger partial charge in [-0.05, 0) is 48.3 Å². The average molecular weight is 398 g/mol. The van der Waals surface area contributed by atoms with Crippen molar-refractivity contribution in [1.82, 2.24) is 0 Å². The van der Waals surface area contributed by atoms with E-state index in [0.717, 1.165) is 5.56 Å². The lowest BCUT2D eigenvalue weighted by molar-refractivity contribution is -0.127. The van der Waals surface area contributed by atoms with Crippen LogP contribution in [0.5, 0.6) is 5.75 Å². The molecular weight excluding hydrogens is 376 g/mol. The first-order chi connectivity index (χ1) is 13.7. The van der Waals surface area contributed by atoms with Crippen molar-refractivity contribution < 1.29 is 29.7 Å². The minimum absolute atomic E-state index is 0.0704. The van der Waals surface area contributed by atoms with E-state index >= 15 is 0 Å². The van der Waals surface area contributed by atoms with E-state index < -0.39 is 40.6 Å². The Morgan fingerprint density at radius 2 is 1.90 bits per heavy atom. The minimum atomic E-state index is -1.11. The van der Waals surface area contributed by atoms with E-state index in [1.54, 1.807) is 13.0 Å². The number of benzene rings is 1. The average Bonchev–Trinajstić information content (AvgIpc) is 2.63. The molecule has 1 amide bonds. The predicted molar refractivity (Wildman–Crippen MR) is 103 cm³/mol. The van der Waals surface area contributed by atoms with Gasteiger partial charge in [-0.3, -0.25) is 14.4 Å². The molecule has 0 aliphatic heterocycles. The second kappa shape index (κ2) is 6.45. The van der Waals surface area contributed by atoms with Crippen LogP contribution in [0.3, 0.4) is 0 Å². The number of fused-ring (bicyclic) bond motifs is 3. The molecule has 29 heavy (non-hydrogen) atoms. The molecule has 0 spiro atoms. The summed E-state index contributed by atoms with van der Waals surface area (Å²) in [7, 11) is 0. The van der Waals surface area contributed by atoms with Crippen molar-refractivity contribution in [1.29, 1.82) is 0 Å². The number of aryl methyl sites for hydroxylation is 1. The van der Waals surface area contributed by atoms with Crippen molar-refractivity contribution in [3.8, 4) is 5.75 Å². The van der Waals surface area contributed by atoms with E-state index in [1.165, 1.54) is 0 Å². The van der Waals surface area contributed by atoms with Crippen molar-refractivity contribution in [2.24, 2.45) is 29.2 Å². The second-order valence-electron chi connectivity index (χ2n) is 8.01. The highest BCUT2D eigenvalue weighted by Crippen LogP contribution is 2.50. The van der Waals surface area contributed by atoms with Crippen molar-refractivity contribution in [3.63, 3.8) is 0 Å². The third-order valence-corrected chi connectivity index (χ3v) is 6.39. The Morgan fingerprint density at radius 1 is 1.21 bits per heavy atom. The first-order valence-electron chi connectivity index (χ1n) is 9.45. The Bertz CT molecular complexity index is 1050. The highest BCUT2D eigenvalue weighted by atomic mass is 16.3. The number of aromatic hydroxyl groups is 1. The van der Waals surface area contributed by atoms with Crippen LogP contribution in [-0.2, 0) is 27.3 Å². The first-order valence-corrected chi connectivity index (χ1v) is 9.45. The molecule has 1 fully saturated rings. The molecule has 0 aromatic heterocycles. The number of rotatable bonds is 2. The Kier molecular flexibility index (Phi) is 4.27. The number of hydrogen-bond acceptors (Lipinski definition) is 7. The number of hydrogen-bond donors (Lipinski definition) is 5. The molecule has 3 unspecified atom stereocenters. The Balaban J connectivity index is 1.91. The van der Waals surface area contributed by atoms with Gasteiger partial charge in [-0.2, -0.15) is 0 Å². The number of phenols is 1. The molecule has 8 nitrogen and oxygen atoms in total. The number of amides is 1. The van der Waals surface area contributed by atoms with E-state index in [0.29, 0.717) is 24.0 Å². The van der Waals surface area contributed by atoms with Crippen molar-refractivity contribution in [3.05, 3.63) is 45.2 Å². The monoisotopic (exact) mass is 398 g/mol. The van der Waals surface area contributed by atoms with Crippen LogP contribution in [0, 0.1) is 24.7 Å².